The summed E-state index contributed by atoms with van der Waals surface area (Å²) in [4.78, 5) is 22.0. The van der Waals surface area contributed by atoms with Crippen molar-refractivity contribution in [3.63, 3.8) is 0 Å². The van der Waals surface area contributed by atoms with E-state index in [1.807, 2.05) is 0 Å². The number of ether oxygens (including phenoxy) is 1. The Balaban J connectivity index is 0.00000361. The number of carbonyl (C=O) groups excluding carboxylic acids is 1. The Labute approximate surface area is 132 Å². The number of anilines is 1. The Morgan fingerprint density at radius 2 is 2.10 bits per heavy atom. The molecule has 0 aliphatic carbocycles. The third kappa shape index (κ3) is 5.03. The molecule has 6 nitrogen and oxygen atoms in total. The number of nitrogen functional groups attached to an aromatic ring is 1. The molecule has 0 atom stereocenters. The van der Waals surface area contributed by atoms with E-state index in [0.717, 1.165) is 5.01 Å². The number of nitrogens with zero attached hydrogens (tertiary/aromatic N) is 2. The molecule has 20 heavy (non-hydrogen) atoms. The van der Waals surface area contributed by atoms with Gasteiger partial charge in [0.1, 0.15) is 6.54 Å². The highest BCUT2D eigenvalue weighted by molar-refractivity contribution is 6.42. The van der Waals surface area contributed by atoms with Crippen LogP contribution in [0.4, 0.5) is 5.69 Å². The van der Waals surface area contributed by atoms with E-state index in [2.05, 4.69) is 5.29 Å². The fourth-order valence-electron chi connectivity index (χ4n) is 1.42. The van der Waals surface area contributed by atoms with E-state index in [9.17, 15) is 9.70 Å². The average molecular weight is 343 g/mol. The molecular weight excluding hydrogens is 328 g/mol. The molecular formula is C11H14Cl3N3O3. The first-order valence-electron chi connectivity index (χ1n) is 5.45. The number of hydrogen-bond acceptors (Lipinski definition) is 5. The Bertz CT molecular complexity index is 485. The standard InChI is InChI=1S/C11H13Cl2N3O3.ClH/c1-2-19-10(17)6-16(15-18)5-7-9(14)4-3-8(12)11(7)13;/h3-4H,2,5-6,14H2,1H3;1H. The van der Waals surface area contributed by atoms with E-state index in [1.165, 1.54) is 0 Å². The zero-order valence-electron chi connectivity index (χ0n) is 10.6. The van der Waals surface area contributed by atoms with Gasteiger partial charge in [-0.25, -0.2) is 5.01 Å². The summed E-state index contributed by atoms with van der Waals surface area (Å²) >= 11 is 11.9. The van der Waals surface area contributed by atoms with Crippen LogP contribution in [0, 0.1) is 4.91 Å². The van der Waals surface area contributed by atoms with Gasteiger partial charge in [-0.1, -0.05) is 23.2 Å². The van der Waals surface area contributed by atoms with Crippen molar-refractivity contribution in [2.24, 2.45) is 5.29 Å². The second-order valence-electron chi connectivity index (χ2n) is 3.64. The highest BCUT2D eigenvalue weighted by Gasteiger charge is 2.16. The zero-order valence-corrected chi connectivity index (χ0v) is 13.0. The van der Waals surface area contributed by atoms with Crippen LogP contribution in [-0.4, -0.2) is 24.1 Å². The third-order valence-corrected chi connectivity index (χ3v) is 3.15. The number of hydrogen-bond donors (Lipinski definition) is 1. The molecule has 1 aromatic carbocycles. The molecule has 0 bridgehead atoms. The molecule has 0 fully saturated rings. The summed E-state index contributed by atoms with van der Waals surface area (Å²) in [5.74, 6) is -0.557. The molecule has 1 rings (SSSR count). The van der Waals surface area contributed by atoms with Crippen LogP contribution in [0.2, 0.25) is 10.0 Å². The number of rotatable bonds is 6. The van der Waals surface area contributed by atoms with Gasteiger partial charge in [0, 0.05) is 11.3 Å². The largest absolute Gasteiger partial charge is 0.465 e. The molecule has 2 N–H and O–H groups in total. The normalized spacial score (nSPS) is 9.55. The van der Waals surface area contributed by atoms with Gasteiger partial charge in [0.25, 0.3) is 0 Å². The molecule has 0 heterocycles. The minimum Gasteiger partial charge on any atom is -0.465 e. The summed E-state index contributed by atoms with van der Waals surface area (Å²) in [6.45, 7) is 1.60. The predicted octanol–water partition coefficient (Wildman–Crippen LogP) is 3.04. The summed E-state index contributed by atoms with van der Waals surface area (Å²) in [6, 6.07) is 3.11. The van der Waals surface area contributed by atoms with Crippen LogP contribution in [-0.2, 0) is 16.1 Å². The van der Waals surface area contributed by atoms with Crippen LogP contribution in [0.15, 0.2) is 17.4 Å². The van der Waals surface area contributed by atoms with Crippen molar-refractivity contribution in [3.8, 4) is 0 Å². The molecule has 0 aliphatic heterocycles. The van der Waals surface area contributed by atoms with Gasteiger partial charge in [-0.05, 0) is 19.1 Å². The SMILES string of the molecule is CCOC(=O)CN(Cc1c(N)ccc(Cl)c1Cl)N=O.Cl. The molecule has 0 amide bonds. The van der Waals surface area contributed by atoms with Crippen LogP contribution in [0.1, 0.15) is 12.5 Å². The maximum Gasteiger partial charge on any atom is 0.327 e. The molecule has 0 aromatic heterocycles. The van der Waals surface area contributed by atoms with Crippen molar-refractivity contribution in [2.75, 3.05) is 18.9 Å². The quantitative estimate of drug-likeness (QED) is 0.372. The highest BCUT2D eigenvalue weighted by Crippen LogP contribution is 2.31. The Hall–Kier alpha value is -1.24. The minimum absolute atomic E-state index is 0. The van der Waals surface area contributed by atoms with E-state index in [0.29, 0.717) is 16.3 Å². The first-order chi connectivity index (χ1) is 8.99. The zero-order chi connectivity index (χ0) is 14.4. The van der Waals surface area contributed by atoms with Gasteiger partial charge in [-0.15, -0.1) is 17.3 Å². The lowest BCUT2D eigenvalue weighted by Gasteiger charge is -2.17. The van der Waals surface area contributed by atoms with E-state index in [-0.39, 0.29) is 37.1 Å². The fraction of sp³-hybridized carbons (Fsp3) is 0.364. The average Bonchev–Trinajstić information content (AvgIpc) is 2.38. The molecule has 0 aliphatic rings. The van der Waals surface area contributed by atoms with Crippen LogP contribution >= 0.6 is 35.6 Å². The molecule has 112 valence electrons. The first kappa shape index (κ1) is 18.8. The lowest BCUT2D eigenvalue weighted by Crippen LogP contribution is -2.26. The van der Waals surface area contributed by atoms with Crippen molar-refractivity contribution in [3.05, 3.63) is 32.6 Å². The molecule has 0 saturated heterocycles. The molecule has 0 unspecified atom stereocenters. The lowest BCUT2D eigenvalue weighted by molar-refractivity contribution is -0.144. The number of nitroso groups, excluding NO2 is 1. The number of nitrogens with two attached hydrogens (primary N) is 1. The Morgan fingerprint density at radius 3 is 2.65 bits per heavy atom. The van der Waals surface area contributed by atoms with Crippen molar-refractivity contribution in [1.82, 2.24) is 5.01 Å². The predicted molar refractivity (Wildman–Crippen MR) is 81.0 cm³/mol. The van der Waals surface area contributed by atoms with Crippen molar-refractivity contribution < 1.29 is 9.53 Å². The van der Waals surface area contributed by atoms with E-state index < -0.39 is 5.97 Å². The minimum atomic E-state index is -0.557. The number of halogens is 3. The highest BCUT2D eigenvalue weighted by atomic mass is 35.5. The van der Waals surface area contributed by atoms with E-state index in [1.54, 1.807) is 19.1 Å². The first-order valence-corrected chi connectivity index (χ1v) is 6.21. The van der Waals surface area contributed by atoms with Crippen LogP contribution in [0.3, 0.4) is 0 Å². The van der Waals surface area contributed by atoms with Crippen molar-refractivity contribution in [1.29, 1.82) is 0 Å². The number of carbonyl (C=O) groups is 1. The molecule has 1 aromatic rings. The molecule has 9 heteroatoms. The Morgan fingerprint density at radius 1 is 1.45 bits per heavy atom. The summed E-state index contributed by atoms with van der Waals surface area (Å²) < 4.78 is 4.73. The van der Waals surface area contributed by atoms with Gasteiger partial charge in [-0.2, -0.15) is 0 Å². The molecule has 0 radical (unpaired) electrons. The second-order valence-corrected chi connectivity index (χ2v) is 4.42. The number of benzene rings is 1. The van der Waals surface area contributed by atoms with Crippen molar-refractivity contribution in [2.45, 2.75) is 13.5 Å². The summed E-state index contributed by atoms with van der Waals surface area (Å²) in [5, 5.41) is 4.26. The van der Waals surface area contributed by atoms with Gasteiger partial charge in [-0.3, -0.25) is 4.79 Å². The number of esters is 1. The van der Waals surface area contributed by atoms with Gasteiger partial charge in [0.15, 0.2) is 0 Å². The van der Waals surface area contributed by atoms with Crippen LogP contribution in [0.5, 0.6) is 0 Å². The van der Waals surface area contributed by atoms with Gasteiger partial charge in [0.05, 0.1) is 28.5 Å². The second kappa shape index (κ2) is 8.84. The topological polar surface area (TPSA) is 85.0 Å². The van der Waals surface area contributed by atoms with E-state index >= 15 is 0 Å². The third-order valence-electron chi connectivity index (χ3n) is 2.31. The van der Waals surface area contributed by atoms with Crippen LogP contribution < -0.4 is 5.73 Å². The Kier molecular flexibility index (Phi) is 8.29. The van der Waals surface area contributed by atoms with Gasteiger partial charge < -0.3 is 10.5 Å². The lowest BCUT2D eigenvalue weighted by atomic mass is 10.1. The summed E-state index contributed by atoms with van der Waals surface area (Å²) in [5.41, 5.74) is 6.56. The molecule has 0 spiro atoms. The van der Waals surface area contributed by atoms with Gasteiger partial charge >= 0.3 is 5.97 Å². The molecule has 0 saturated carbocycles. The maximum absolute atomic E-state index is 11.3. The maximum atomic E-state index is 11.3. The monoisotopic (exact) mass is 341 g/mol. The van der Waals surface area contributed by atoms with E-state index in [4.69, 9.17) is 33.7 Å². The summed E-state index contributed by atoms with van der Waals surface area (Å²) in [6.07, 6.45) is 0. The van der Waals surface area contributed by atoms with Crippen molar-refractivity contribution >= 4 is 47.3 Å². The van der Waals surface area contributed by atoms with Gasteiger partial charge in [0.2, 0.25) is 0 Å². The smallest absolute Gasteiger partial charge is 0.327 e. The summed E-state index contributed by atoms with van der Waals surface area (Å²) in [7, 11) is 0. The van der Waals surface area contributed by atoms with Crippen LogP contribution in [0.25, 0.3) is 0 Å². The fourth-order valence-corrected chi connectivity index (χ4v) is 1.83.